The quantitative estimate of drug-likeness (QED) is 0.647. The third-order valence-electron chi connectivity index (χ3n) is 2.58. The second-order valence-corrected chi connectivity index (χ2v) is 3.38. The van der Waals surface area contributed by atoms with E-state index < -0.39 is 0 Å². The van der Waals surface area contributed by atoms with Crippen molar-refractivity contribution in [2.75, 3.05) is 11.4 Å². The van der Waals surface area contributed by atoms with Gasteiger partial charge in [0.15, 0.2) is 0 Å². The van der Waals surface area contributed by atoms with E-state index in [1.807, 2.05) is 13.0 Å². The summed E-state index contributed by atoms with van der Waals surface area (Å²) < 4.78 is 0. The largest absolute Gasteiger partial charge is 0.355 e. The number of para-hydroxylation sites is 1. The van der Waals surface area contributed by atoms with Crippen LogP contribution in [0, 0.1) is 11.3 Å². The van der Waals surface area contributed by atoms with Crippen molar-refractivity contribution in [2.24, 2.45) is 0 Å². The Kier molecular flexibility index (Phi) is 1.94. The van der Waals surface area contributed by atoms with Crippen LogP contribution in [0.3, 0.4) is 0 Å². The average Bonchev–Trinajstić information content (AvgIpc) is 2.60. The monoisotopic (exact) mass is 172 g/mol. The van der Waals surface area contributed by atoms with Gasteiger partial charge in [0.2, 0.25) is 0 Å². The third-order valence-corrected chi connectivity index (χ3v) is 2.58. The molecule has 1 atom stereocenters. The van der Waals surface area contributed by atoms with Gasteiger partial charge in [-0.2, -0.15) is 5.26 Å². The Labute approximate surface area is 78.4 Å². The fraction of sp³-hybridized carbons (Fsp3) is 0.364. The Balaban J connectivity index is 2.34. The van der Waals surface area contributed by atoms with Gasteiger partial charge in [-0.05, 0) is 25.0 Å². The SMILES string of the molecule is CC(C#N)N1CCc2ccccc21. The summed E-state index contributed by atoms with van der Waals surface area (Å²) in [6.07, 6.45) is 1.07. The molecule has 13 heavy (non-hydrogen) atoms. The first kappa shape index (κ1) is 8.12. The van der Waals surface area contributed by atoms with E-state index in [0.29, 0.717) is 0 Å². The van der Waals surface area contributed by atoms with Gasteiger partial charge >= 0.3 is 0 Å². The van der Waals surface area contributed by atoms with Gasteiger partial charge < -0.3 is 4.90 Å². The molecule has 1 aliphatic heterocycles. The van der Waals surface area contributed by atoms with Crippen LogP contribution in [0.4, 0.5) is 5.69 Å². The zero-order valence-electron chi connectivity index (χ0n) is 7.70. The maximum atomic E-state index is 8.83. The first-order valence-electron chi connectivity index (χ1n) is 4.57. The minimum atomic E-state index is -0.0105. The molecule has 1 heterocycles. The number of hydrogen-bond donors (Lipinski definition) is 0. The van der Waals surface area contributed by atoms with E-state index in [1.54, 1.807) is 0 Å². The maximum Gasteiger partial charge on any atom is 0.114 e. The Bertz CT molecular complexity index is 351. The highest BCUT2D eigenvalue weighted by atomic mass is 15.2. The van der Waals surface area contributed by atoms with Crippen molar-refractivity contribution < 1.29 is 0 Å². The molecule has 0 bridgehead atoms. The molecule has 0 N–H and O–H groups in total. The highest BCUT2D eigenvalue weighted by Gasteiger charge is 2.21. The molecule has 2 nitrogen and oxygen atoms in total. The van der Waals surface area contributed by atoms with Gasteiger partial charge in [-0.1, -0.05) is 18.2 Å². The molecule has 1 aromatic rings. The molecule has 0 aromatic heterocycles. The summed E-state index contributed by atoms with van der Waals surface area (Å²) in [5.74, 6) is 0. The number of benzene rings is 1. The molecule has 0 spiro atoms. The molecule has 0 amide bonds. The zero-order valence-corrected chi connectivity index (χ0v) is 7.70. The summed E-state index contributed by atoms with van der Waals surface area (Å²) in [4.78, 5) is 2.16. The summed E-state index contributed by atoms with van der Waals surface area (Å²) in [7, 11) is 0. The minimum absolute atomic E-state index is 0.0105. The van der Waals surface area contributed by atoms with Crippen LogP contribution in [0.5, 0.6) is 0 Å². The van der Waals surface area contributed by atoms with Gasteiger partial charge in [-0.15, -0.1) is 0 Å². The minimum Gasteiger partial charge on any atom is -0.355 e. The topological polar surface area (TPSA) is 27.0 Å². The summed E-state index contributed by atoms with van der Waals surface area (Å²) in [6.45, 7) is 2.93. The zero-order chi connectivity index (χ0) is 9.26. The standard InChI is InChI=1S/C11H12N2/c1-9(8-12)13-7-6-10-4-2-3-5-11(10)13/h2-5,9H,6-7H2,1H3. The number of nitrogens with zero attached hydrogens (tertiary/aromatic N) is 2. The van der Waals surface area contributed by atoms with Crippen molar-refractivity contribution in [3.8, 4) is 6.07 Å². The van der Waals surface area contributed by atoms with Crippen molar-refractivity contribution >= 4 is 5.69 Å². The summed E-state index contributed by atoms with van der Waals surface area (Å²) in [5.41, 5.74) is 2.60. The molecule has 1 unspecified atom stereocenters. The average molecular weight is 172 g/mol. The summed E-state index contributed by atoms with van der Waals surface area (Å²) >= 11 is 0. The molecule has 0 saturated carbocycles. The van der Waals surface area contributed by atoms with Gasteiger partial charge in [0.25, 0.3) is 0 Å². The van der Waals surface area contributed by atoms with E-state index in [4.69, 9.17) is 5.26 Å². The normalized spacial score (nSPS) is 16.5. The molecular formula is C11H12N2. The molecule has 0 radical (unpaired) electrons. The lowest BCUT2D eigenvalue weighted by atomic mass is 10.2. The summed E-state index contributed by atoms with van der Waals surface area (Å²) in [5, 5.41) is 8.83. The number of anilines is 1. The molecule has 66 valence electrons. The van der Waals surface area contributed by atoms with E-state index in [2.05, 4.69) is 29.2 Å². The fourth-order valence-electron chi connectivity index (χ4n) is 1.84. The highest BCUT2D eigenvalue weighted by molar-refractivity contribution is 5.59. The van der Waals surface area contributed by atoms with Crippen LogP contribution >= 0.6 is 0 Å². The molecule has 0 fully saturated rings. The predicted octanol–water partition coefficient (Wildman–Crippen LogP) is 1.96. The molecule has 0 saturated heterocycles. The van der Waals surface area contributed by atoms with Crippen molar-refractivity contribution in [2.45, 2.75) is 19.4 Å². The van der Waals surface area contributed by atoms with Gasteiger partial charge in [-0.3, -0.25) is 0 Å². The van der Waals surface area contributed by atoms with Crippen molar-refractivity contribution in [1.29, 1.82) is 5.26 Å². The van der Waals surface area contributed by atoms with E-state index >= 15 is 0 Å². The second kappa shape index (κ2) is 3.10. The molecular weight excluding hydrogens is 160 g/mol. The number of nitriles is 1. The Morgan fingerprint density at radius 2 is 2.23 bits per heavy atom. The summed E-state index contributed by atoms with van der Waals surface area (Å²) in [6, 6.07) is 10.6. The predicted molar refractivity (Wildman–Crippen MR) is 52.6 cm³/mol. The van der Waals surface area contributed by atoms with E-state index in [-0.39, 0.29) is 6.04 Å². The lowest BCUT2D eigenvalue weighted by Gasteiger charge is -2.21. The maximum absolute atomic E-state index is 8.83. The van der Waals surface area contributed by atoms with E-state index in [9.17, 15) is 0 Å². The van der Waals surface area contributed by atoms with Gasteiger partial charge in [-0.25, -0.2) is 0 Å². The highest BCUT2D eigenvalue weighted by Crippen LogP contribution is 2.28. The van der Waals surface area contributed by atoms with Crippen LogP contribution in [0.1, 0.15) is 12.5 Å². The molecule has 0 aliphatic carbocycles. The van der Waals surface area contributed by atoms with E-state index in [0.717, 1.165) is 13.0 Å². The van der Waals surface area contributed by atoms with Crippen molar-refractivity contribution in [3.63, 3.8) is 0 Å². The molecule has 2 heteroatoms. The number of hydrogen-bond acceptors (Lipinski definition) is 2. The van der Waals surface area contributed by atoms with Crippen molar-refractivity contribution in [3.05, 3.63) is 29.8 Å². The van der Waals surface area contributed by atoms with E-state index in [1.165, 1.54) is 11.3 Å². The fourth-order valence-corrected chi connectivity index (χ4v) is 1.84. The van der Waals surface area contributed by atoms with Gasteiger partial charge in [0.05, 0.1) is 6.07 Å². The Morgan fingerprint density at radius 1 is 1.46 bits per heavy atom. The lowest BCUT2D eigenvalue weighted by Crippen LogP contribution is -2.29. The van der Waals surface area contributed by atoms with Gasteiger partial charge in [0, 0.05) is 12.2 Å². The lowest BCUT2D eigenvalue weighted by molar-refractivity contribution is 0.774. The Hall–Kier alpha value is -1.49. The third kappa shape index (κ3) is 1.27. The first-order chi connectivity index (χ1) is 6.33. The van der Waals surface area contributed by atoms with Crippen LogP contribution in [-0.2, 0) is 6.42 Å². The first-order valence-corrected chi connectivity index (χ1v) is 4.57. The Morgan fingerprint density at radius 3 is 3.00 bits per heavy atom. The van der Waals surface area contributed by atoms with Crippen LogP contribution in [0.2, 0.25) is 0 Å². The molecule has 2 rings (SSSR count). The van der Waals surface area contributed by atoms with Gasteiger partial charge in [0.1, 0.15) is 6.04 Å². The second-order valence-electron chi connectivity index (χ2n) is 3.38. The van der Waals surface area contributed by atoms with Crippen molar-refractivity contribution in [1.82, 2.24) is 0 Å². The van der Waals surface area contributed by atoms with Crippen LogP contribution in [-0.4, -0.2) is 12.6 Å². The van der Waals surface area contributed by atoms with Crippen LogP contribution < -0.4 is 4.90 Å². The number of rotatable bonds is 1. The van der Waals surface area contributed by atoms with Crippen LogP contribution in [0.15, 0.2) is 24.3 Å². The van der Waals surface area contributed by atoms with Crippen LogP contribution in [0.25, 0.3) is 0 Å². The molecule has 1 aliphatic rings. The smallest absolute Gasteiger partial charge is 0.114 e. The molecule has 1 aromatic carbocycles. The number of fused-ring (bicyclic) bond motifs is 1.